The maximum Gasteiger partial charge on any atom is 0.410 e. The van der Waals surface area contributed by atoms with Crippen molar-refractivity contribution in [1.82, 2.24) is 20.6 Å². The fourth-order valence-corrected chi connectivity index (χ4v) is 5.69. The van der Waals surface area contributed by atoms with Gasteiger partial charge < -0.3 is 19.9 Å². The first kappa shape index (κ1) is 24.3. The van der Waals surface area contributed by atoms with Crippen molar-refractivity contribution in [3.63, 3.8) is 0 Å². The summed E-state index contributed by atoms with van der Waals surface area (Å²) < 4.78 is 5.03. The average Bonchev–Trinajstić information content (AvgIpc) is 2.92. The van der Waals surface area contributed by atoms with E-state index in [1.165, 1.54) is 12.0 Å². The van der Waals surface area contributed by atoms with Crippen molar-refractivity contribution in [2.75, 3.05) is 57.8 Å². The molecule has 3 aliphatic heterocycles. The van der Waals surface area contributed by atoms with Gasteiger partial charge in [-0.2, -0.15) is 0 Å². The van der Waals surface area contributed by atoms with Crippen molar-refractivity contribution in [3.05, 3.63) is 30.3 Å². The number of piperazine rings is 1. The van der Waals surface area contributed by atoms with Crippen molar-refractivity contribution in [2.45, 2.75) is 25.3 Å². The second kappa shape index (κ2) is 11.1. The Morgan fingerprint density at radius 1 is 1.09 bits per heavy atom. The summed E-state index contributed by atoms with van der Waals surface area (Å²) in [6.45, 7) is 4.43. The summed E-state index contributed by atoms with van der Waals surface area (Å²) in [6, 6.07) is 9.02. The molecule has 3 aliphatic rings. The zero-order chi connectivity index (χ0) is 24.1. The fraction of sp³-hybridized carbons (Fsp3) is 0.625. The van der Waals surface area contributed by atoms with Crippen LogP contribution in [0.25, 0.3) is 0 Å². The van der Waals surface area contributed by atoms with Gasteiger partial charge in [0.05, 0.1) is 13.0 Å². The zero-order valence-electron chi connectivity index (χ0n) is 19.7. The lowest BCUT2D eigenvalue weighted by atomic mass is 9.74. The lowest BCUT2D eigenvalue weighted by Gasteiger charge is -2.47. The van der Waals surface area contributed by atoms with Crippen LogP contribution < -0.4 is 15.7 Å². The summed E-state index contributed by atoms with van der Waals surface area (Å²) in [7, 11) is 1.29. The lowest BCUT2D eigenvalue weighted by molar-refractivity contribution is -0.150. The number of methoxy groups -OCH3 is 1. The third kappa shape index (κ3) is 5.12. The number of hydroxylamine groups is 1. The second-order valence-electron chi connectivity index (χ2n) is 9.40. The number of nitrogens with one attached hydrogen (secondary N) is 2. The van der Waals surface area contributed by atoms with Gasteiger partial charge in [0.25, 0.3) is 0 Å². The van der Waals surface area contributed by atoms with Gasteiger partial charge in [-0.05, 0) is 56.3 Å². The molecule has 0 aromatic heterocycles. The molecule has 3 fully saturated rings. The van der Waals surface area contributed by atoms with E-state index in [1.807, 2.05) is 30.3 Å². The Kier molecular flexibility index (Phi) is 7.89. The molecule has 0 radical (unpaired) electrons. The molecule has 1 unspecified atom stereocenters. The number of hydrogen-bond acceptors (Lipinski definition) is 7. The van der Waals surface area contributed by atoms with Crippen LogP contribution in [0.15, 0.2) is 30.3 Å². The topological polar surface area (TPSA) is 114 Å². The molecule has 3 N–H and O–H groups in total. The highest BCUT2D eigenvalue weighted by Crippen LogP contribution is 2.36. The molecule has 0 aliphatic carbocycles. The van der Waals surface area contributed by atoms with Crippen LogP contribution in [-0.4, -0.2) is 91.9 Å². The number of carbonyl (C=O) groups is 3. The smallest absolute Gasteiger partial charge is 0.410 e. The van der Waals surface area contributed by atoms with Crippen LogP contribution in [0.1, 0.15) is 19.3 Å². The van der Waals surface area contributed by atoms with Gasteiger partial charge in [0, 0.05) is 38.4 Å². The molecule has 10 nitrogen and oxygen atoms in total. The van der Waals surface area contributed by atoms with E-state index in [1.54, 1.807) is 10.4 Å². The molecule has 4 atom stereocenters. The van der Waals surface area contributed by atoms with E-state index in [-0.39, 0.29) is 11.8 Å². The Bertz CT molecular complexity index is 829. The summed E-state index contributed by atoms with van der Waals surface area (Å²) in [5.41, 5.74) is 2.84. The fourth-order valence-electron chi connectivity index (χ4n) is 5.69. The van der Waals surface area contributed by atoms with Crippen molar-refractivity contribution < 1.29 is 24.3 Å². The predicted molar refractivity (Wildman–Crippen MR) is 125 cm³/mol. The Labute approximate surface area is 200 Å². The lowest BCUT2D eigenvalue weighted by Crippen LogP contribution is -2.64. The minimum atomic E-state index is -1.00. The molecule has 34 heavy (non-hydrogen) atoms. The van der Waals surface area contributed by atoms with Gasteiger partial charge in [-0.1, -0.05) is 18.2 Å². The number of anilines is 1. The van der Waals surface area contributed by atoms with E-state index in [0.717, 1.165) is 31.6 Å². The minimum Gasteiger partial charge on any atom is -0.453 e. The van der Waals surface area contributed by atoms with E-state index >= 15 is 0 Å². The SMILES string of the molecule is COC(=O)N1C[C@H](C2CCCNC2)C[C@H](C(=O)NO)[C@H]1C(=O)N1CCN(c2ccccc2)CC1. The summed E-state index contributed by atoms with van der Waals surface area (Å²) >= 11 is 0. The van der Waals surface area contributed by atoms with E-state index in [0.29, 0.717) is 45.1 Å². The van der Waals surface area contributed by atoms with Crippen LogP contribution >= 0.6 is 0 Å². The Morgan fingerprint density at radius 3 is 2.44 bits per heavy atom. The van der Waals surface area contributed by atoms with E-state index < -0.39 is 24.0 Å². The van der Waals surface area contributed by atoms with Crippen LogP contribution in [0.2, 0.25) is 0 Å². The van der Waals surface area contributed by atoms with E-state index in [9.17, 15) is 19.6 Å². The molecule has 0 spiro atoms. The third-order valence-corrected chi connectivity index (χ3v) is 7.53. The Hall–Kier alpha value is -2.85. The number of carbonyl (C=O) groups excluding carboxylic acids is 3. The summed E-state index contributed by atoms with van der Waals surface area (Å²) in [5, 5.41) is 12.8. The van der Waals surface area contributed by atoms with Crippen molar-refractivity contribution >= 4 is 23.6 Å². The molecule has 1 aromatic rings. The minimum absolute atomic E-state index is 0.0353. The van der Waals surface area contributed by atoms with E-state index in [2.05, 4.69) is 10.2 Å². The highest BCUT2D eigenvalue weighted by atomic mass is 16.5. The van der Waals surface area contributed by atoms with E-state index in [4.69, 9.17) is 4.74 Å². The predicted octanol–water partition coefficient (Wildman–Crippen LogP) is 0.913. The van der Waals surface area contributed by atoms with Gasteiger partial charge in [0.1, 0.15) is 6.04 Å². The van der Waals surface area contributed by atoms with Crippen LogP contribution in [-0.2, 0) is 14.3 Å². The first-order valence-electron chi connectivity index (χ1n) is 12.1. The molecule has 0 saturated carbocycles. The Morgan fingerprint density at radius 2 is 1.82 bits per heavy atom. The maximum absolute atomic E-state index is 13.7. The molecule has 1 aromatic carbocycles. The van der Waals surface area contributed by atoms with Crippen molar-refractivity contribution in [2.24, 2.45) is 17.8 Å². The van der Waals surface area contributed by atoms with Gasteiger partial charge in [0.2, 0.25) is 11.8 Å². The number of hydrogen-bond donors (Lipinski definition) is 3. The number of benzene rings is 1. The van der Waals surface area contributed by atoms with Crippen LogP contribution in [0.4, 0.5) is 10.5 Å². The number of rotatable bonds is 4. The molecular formula is C24H35N5O5. The zero-order valence-corrected chi connectivity index (χ0v) is 19.7. The van der Waals surface area contributed by atoms with Crippen LogP contribution in [0.3, 0.4) is 0 Å². The molecule has 10 heteroatoms. The average molecular weight is 474 g/mol. The number of amides is 3. The molecule has 3 heterocycles. The van der Waals surface area contributed by atoms with Gasteiger partial charge in [0.15, 0.2) is 0 Å². The first-order valence-corrected chi connectivity index (χ1v) is 12.1. The van der Waals surface area contributed by atoms with Crippen molar-refractivity contribution in [1.29, 1.82) is 0 Å². The Balaban J connectivity index is 1.52. The number of nitrogens with zero attached hydrogens (tertiary/aromatic N) is 3. The maximum atomic E-state index is 13.7. The standard InChI is InChI=1S/C24H35N5O5/c1-34-24(32)29-16-18(17-6-5-9-25-15-17)14-20(22(30)26-33)21(29)23(31)28-12-10-27(11-13-28)19-7-3-2-4-8-19/h2-4,7-8,17-18,20-21,25,33H,5-6,9-16H2,1H3,(H,26,30)/t17?,18-,20+,21+/m1/s1. The summed E-state index contributed by atoms with van der Waals surface area (Å²) in [4.78, 5) is 44.6. The second-order valence-corrected chi connectivity index (χ2v) is 9.40. The summed E-state index contributed by atoms with van der Waals surface area (Å²) in [6.07, 6.45) is 1.85. The van der Waals surface area contributed by atoms with Gasteiger partial charge in [-0.3, -0.25) is 19.7 Å². The van der Waals surface area contributed by atoms with Crippen LogP contribution in [0, 0.1) is 17.8 Å². The van der Waals surface area contributed by atoms with Gasteiger partial charge in [-0.25, -0.2) is 10.3 Å². The number of piperidine rings is 2. The highest BCUT2D eigenvalue weighted by molar-refractivity contribution is 5.92. The molecule has 4 rings (SSSR count). The molecule has 3 amide bonds. The monoisotopic (exact) mass is 473 g/mol. The molecule has 0 bridgehead atoms. The number of likely N-dealkylation sites (tertiary alicyclic amines) is 1. The van der Waals surface area contributed by atoms with Crippen LogP contribution in [0.5, 0.6) is 0 Å². The third-order valence-electron chi connectivity index (χ3n) is 7.53. The first-order chi connectivity index (χ1) is 16.5. The quantitative estimate of drug-likeness (QED) is 0.440. The normalized spacial score (nSPS) is 27.8. The largest absolute Gasteiger partial charge is 0.453 e. The van der Waals surface area contributed by atoms with Gasteiger partial charge >= 0.3 is 6.09 Å². The molecule has 3 saturated heterocycles. The molecule has 186 valence electrons. The molecular weight excluding hydrogens is 438 g/mol. The van der Waals surface area contributed by atoms with Crippen molar-refractivity contribution in [3.8, 4) is 0 Å². The van der Waals surface area contributed by atoms with Gasteiger partial charge in [-0.15, -0.1) is 0 Å². The highest BCUT2D eigenvalue weighted by Gasteiger charge is 2.49. The number of para-hydroxylation sites is 1. The summed E-state index contributed by atoms with van der Waals surface area (Å²) in [5.74, 6) is -1.42. The number of ether oxygens (including phenoxy) is 1.